The SMILES string of the molecule is CC(C)(O)CS(=O)(=O)c1ccncc1. The number of rotatable bonds is 3. The molecule has 1 N–H and O–H groups in total. The molecule has 5 heteroatoms. The number of aliphatic hydroxyl groups is 1. The molecule has 14 heavy (non-hydrogen) atoms. The van der Waals surface area contributed by atoms with Gasteiger partial charge in [0.25, 0.3) is 0 Å². The highest BCUT2D eigenvalue weighted by molar-refractivity contribution is 7.91. The molecule has 1 aromatic heterocycles. The van der Waals surface area contributed by atoms with Gasteiger partial charge in [0.2, 0.25) is 0 Å². The van der Waals surface area contributed by atoms with Crippen molar-refractivity contribution in [3.63, 3.8) is 0 Å². The van der Waals surface area contributed by atoms with E-state index >= 15 is 0 Å². The molecule has 0 aliphatic rings. The van der Waals surface area contributed by atoms with Crippen LogP contribution >= 0.6 is 0 Å². The highest BCUT2D eigenvalue weighted by atomic mass is 32.2. The van der Waals surface area contributed by atoms with Crippen molar-refractivity contribution in [1.82, 2.24) is 4.98 Å². The van der Waals surface area contributed by atoms with E-state index in [1.54, 1.807) is 0 Å². The third kappa shape index (κ3) is 3.08. The van der Waals surface area contributed by atoms with E-state index in [1.807, 2.05) is 0 Å². The Bertz CT molecular complexity index is 392. The molecule has 1 heterocycles. The zero-order valence-electron chi connectivity index (χ0n) is 8.14. The van der Waals surface area contributed by atoms with Crippen LogP contribution < -0.4 is 0 Å². The minimum Gasteiger partial charge on any atom is -0.389 e. The van der Waals surface area contributed by atoms with Crippen LogP contribution in [0.4, 0.5) is 0 Å². The maximum atomic E-state index is 11.7. The maximum Gasteiger partial charge on any atom is 0.181 e. The molecular weight excluding hydrogens is 202 g/mol. The normalized spacial score (nSPS) is 12.8. The Morgan fingerprint density at radius 2 is 1.86 bits per heavy atom. The second kappa shape index (κ2) is 3.67. The summed E-state index contributed by atoms with van der Waals surface area (Å²) >= 11 is 0. The third-order valence-electron chi connectivity index (χ3n) is 1.55. The molecule has 4 nitrogen and oxygen atoms in total. The number of pyridine rings is 1. The molecule has 0 amide bonds. The van der Waals surface area contributed by atoms with Crippen LogP contribution in [-0.4, -0.2) is 29.9 Å². The van der Waals surface area contributed by atoms with Crippen molar-refractivity contribution < 1.29 is 13.5 Å². The van der Waals surface area contributed by atoms with Crippen molar-refractivity contribution in [3.8, 4) is 0 Å². The van der Waals surface area contributed by atoms with Crippen LogP contribution in [0.25, 0.3) is 0 Å². The zero-order chi connectivity index (χ0) is 10.8. The first-order chi connectivity index (χ1) is 6.31. The second-order valence-corrected chi connectivity index (χ2v) is 5.74. The van der Waals surface area contributed by atoms with Gasteiger partial charge in [0.1, 0.15) is 0 Å². The fourth-order valence-corrected chi connectivity index (χ4v) is 2.73. The van der Waals surface area contributed by atoms with Crippen LogP contribution in [0.3, 0.4) is 0 Å². The molecule has 0 aromatic carbocycles. The predicted octanol–water partition coefficient (Wildman–Crippen LogP) is 0.626. The molecule has 1 rings (SSSR count). The van der Waals surface area contributed by atoms with Gasteiger partial charge in [-0.2, -0.15) is 0 Å². The summed E-state index contributed by atoms with van der Waals surface area (Å²) in [5.74, 6) is -0.288. The molecule has 0 aliphatic heterocycles. The summed E-state index contributed by atoms with van der Waals surface area (Å²) in [5.41, 5.74) is -1.22. The summed E-state index contributed by atoms with van der Waals surface area (Å²) in [7, 11) is -3.41. The predicted molar refractivity (Wildman–Crippen MR) is 52.6 cm³/mol. The van der Waals surface area contributed by atoms with Crippen LogP contribution in [0.5, 0.6) is 0 Å². The lowest BCUT2D eigenvalue weighted by Crippen LogP contribution is -2.30. The van der Waals surface area contributed by atoms with E-state index in [2.05, 4.69) is 4.98 Å². The lowest BCUT2D eigenvalue weighted by Gasteiger charge is -2.16. The molecule has 0 atom stereocenters. The van der Waals surface area contributed by atoms with Gasteiger partial charge >= 0.3 is 0 Å². The van der Waals surface area contributed by atoms with E-state index < -0.39 is 15.4 Å². The van der Waals surface area contributed by atoms with Crippen molar-refractivity contribution in [2.24, 2.45) is 0 Å². The molecule has 0 saturated carbocycles. The Labute approximate surface area is 83.5 Å². The number of hydrogen-bond donors (Lipinski definition) is 1. The van der Waals surface area contributed by atoms with Crippen LogP contribution in [0.15, 0.2) is 29.4 Å². The van der Waals surface area contributed by atoms with Gasteiger partial charge in [-0.1, -0.05) is 0 Å². The third-order valence-corrected chi connectivity index (χ3v) is 3.63. The van der Waals surface area contributed by atoms with Gasteiger partial charge in [-0.25, -0.2) is 8.42 Å². The van der Waals surface area contributed by atoms with E-state index in [9.17, 15) is 13.5 Å². The van der Waals surface area contributed by atoms with Crippen molar-refractivity contribution in [3.05, 3.63) is 24.5 Å². The number of sulfone groups is 1. The number of hydrogen-bond acceptors (Lipinski definition) is 4. The summed E-state index contributed by atoms with van der Waals surface area (Å²) in [4.78, 5) is 3.92. The first-order valence-electron chi connectivity index (χ1n) is 4.16. The fraction of sp³-hybridized carbons (Fsp3) is 0.444. The van der Waals surface area contributed by atoms with E-state index in [4.69, 9.17) is 0 Å². The standard InChI is InChI=1S/C9H13NO3S/c1-9(2,11)7-14(12,13)8-3-5-10-6-4-8/h3-6,11H,7H2,1-2H3. The van der Waals surface area contributed by atoms with Gasteiger partial charge in [0.15, 0.2) is 9.84 Å². The molecule has 0 spiro atoms. The van der Waals surface area contributed by atoms with Gasteiger partial charge in [-0.05, 0) is 26.0 Å². The number of nitrogens with zero attached hydrogens (tertiary/aromatic N) is 1. The van der Waals surface area contributed by atoms with Crippen LogP contribution in [0.1, 0.15) is 13.8 Å². The summed E-state index contributed by atoms with van der Waals surface area (Å²) in [6.07, 6.45) is 2.83. The van der Waals surface area contributed by atoms with Gasteiger partial charge in [0, 0.05) is 12.4 Å². The van der Waals surface area contributed by atoms with Crippen LogP contribution in [0.2, 0.25) is 0 Å². The van der Waals surface area contributed by atoms with Crippen LogP contribution in [-0.2, 0) is 9.84 Å². The second-order valence-electron chi connectivity index (χ2n) is 3.75. The maximum absolute atomic E-state index is 11.7. The Morgan fingerprint density at radius 1 is 1.36 bits per heavy atom. The molecule has 0 unspecified atom stereocenters. The fourth-order valence-electron chi connectivity index (χ4n) is 1.09. The highest BCUT2D eigenvalue weighted by Crippen LogP contribution is 2.14. The quantitative estimate of drug-likeness (QED) is 0.803. The Hall–Kier alpha value is -0.940. The average molecular weight is 215 g/mol. The molecule has 78 valence electrons. The summed E-state index contributed by atoms with van der Waals surface area (Å²) in [6, 6.07) is 2.84. The molecule has 0 fully saturated rings. The van der Waals surface area contributed by atoms with Gasteiger partial charge in [0.05, 0.1) is 16.2 Å². The molecule has 0 aliphatic carbocycles. The largest absolute Gasteiger partial charge is 0.389 e. The lowest BCUT2D eigenvalue weighted by atomic mass is 10.2. The highest BCUT2D eigenvalue weighted by Gasteiger charge is 2.24. The Balaban J connectivity index is 2.99. The van der Waals surface area contributed by atoms with Gasteiger partial charge in [-0.3, -0.25) is 4.98 Å². The van der Waals surface area contributed by atoms with Crippen LogP contribution in [0, 0.1) is 0 Å². The first-order valence-corrected chi connectivity index (χ1v) is 5.82. The summed E-state index contributed by atoms with van der Waals surface area (Å²) in [6.45, 7) is 2.93. The van der Waals surface area contributed by atoms with E-state index in [0.29, 0.717) is 0 Å². The molecule has 0 saturated heterocycles. The minimum atomic E-state index is -3.41. The molecule has 0 bridgehead atoms. The smallest absolute Gasteiger partial charge is 0.181 e. The lowest BCUT2D eigenvalue weighted by molar-refractivity contribution is 0.105. The first kappa shape index (κ1) is 11.1. The van der Waals surface area contributed by atoms with Gasteiger partial charge in [-0.15, -0.1) is 0 Å². The van der Waals surface area contributed by atoms with Crippen molar-refractivity contribution >= 4 is 9.84 Å². The van der Waals surface area contributed by atoms with Gasteiger partial charge < -0.3 is 5.11 Å². The van der Waals surface area contributed by atoms with E-state index in [1.165, 1.54) is 38.4 Å². The monoisotopic (exact) mass is 215 g/mol. The topological polar surface area (TPSA) is 67.3 Å². The minimum absolute atomic E-state index is 0.189. The summed E-state index contributed by atoms with van der Waals surface area (Å²) < 4.78 is 23.3. The Morgan fingerprint density at radius 3 is 2.29 bits per heavy atom. The Kier molecular flexibility index (Phi) is 2.92. The molecule has 0 radical (unpaired) electrons. The molecule has 1 aromatic rings. The van der Waals surface area contributed by atoms with E-state index in [-0.39, 0.29) is 10.6 Å². The molecular formula is C9H13NO3S. The van der Waals surface area contributed by atoms with Crippen molar-refractivity contribution in [2.45, 2.75) is 24.3 Å². The zero-order valence-corrected chi connectivity index (χ0v) is 8.95. The van der Waals surface area contributed by atoms with Crippen molar-refractivity contribution in [1.29, 1.82) is 0 Å². The van der Waals surface area contributed by atoms with E-state index in [0.717, 1.165) is 0 Å². The average Bonchev–Trinajstić information content (AvgIpc) is 2.01. The summed E-state index contributed by atoms with van der Waals surface area (Å²) in [5, 5.41) is 9.42. The van der Waals surface area contributed by atoms with Crippen molar-refractivity contribution in [2.75, 3.05) is 5.75 Å². The number of aromatic nitrogens is 1.